The summed E-state index contributed by atoms with van der Waals surface area (Å²) >= 11 is 0. The molecule has 0 fully saturated rings. The van der Waals surface area contributed by atoms with Crippen LogP contribution in [0.25, 0.3) is 22.4 Å². The normalized spacial score (nSPS) is 18.7. The van der Waals surface area contributed by atoms with Crippen LogP contribution in [0, 0.1) is 17.3 Å². The van der Waals surface area contributed by atoms with E-state index in [1.54, 1.807) is 0 Å². The lowest BCUT2D eigenvalue weighted by Crippen LogP contribution is -2.41. The number of benzene rings is 2. The molecule has 0 saturated heterocycles. The number of nitrogens with zero attached hydrogens (tertiary/aromatic N) is 1. The second kappa shape index (κ2) is 7.99. The molecule has 2 aromatic carbocycles. The zero-order chi connectivity index (χ0) is 20.4. The Balaban J connectivity index is 2.06. The van der Waals surface area contributed by atoms with Crippen molar-refractivity contribution in [2.75, 3.05) is 0 Å². The molecular formula is C28H31N. The van der Waals surface area contributed by atoms with Crippen LogP contribution in [0.5, 0.6) is 0 Å². The molecule has 29 heavy (non-hydrogen) atoms. The fourth-order valence-electron chi connectivity index (χ4n) is 4.70. The van der Waals surface area contributed by atoms with Gasteiger partial charge in [-0.3, -0.25) is 4.98 Å². The van der Waals surface area contributed by atoms with Crippen molar-refractivity contribution in [1.29, 1.82) is 0 Å². The maximum atomic E-state index is 4.81. The Bertz CT molecular complexity index is 1150. The van der Waals surface area contributed by atoms with E-state index in [9.17, 15) is 0 Å². The molecule has 4 rings (SSSR count). The molecule has 3 aromatic rings. The second-order valence-electron chi connectivity index (χ2n) is 8.74. The highest BCUT2D eigenvalue weighted by Crippen LogP contribution is 2.45. The van der Waals surface area contributed by atoms with Gasteiger partial charge in [0, 0.05) is 6.20 Å². The molecule has 1 aliphatic rings. The third-order valence-corrected chi connectivity index (χ3v) is 6.78. The molecular weight excluding hydrogens is 350 g/mol. The van der Waals surface area contributed by atoms with Crippen LogP contribution in [0.15, 0.2) is 72.9 Å². The highest BCUT2D eigenvalue weighted by atomic mass is 14.7. The van der Waals surface area contributed by atoms with Gasteiger partial charge in [0.1, 0.15) is 0 Å². The monoisotopic (exact) mass is 381 g/mol. The molecule has 0 N–H and O–H groups in total. The molecule has 1 aliphatic carbocycles. The maximum absolute atomic E-state index is 4.81. The summed E-state index contributed by atoms with van der Waals surface area (Å²) in [5.74, 6) is 0.929. The number of hydrogen-bond donors (Lipinski definition) is 0. The third kappa shape index (κ3) is 3.55. The van der Waals surface area contributed by atoms with E-state index in [1.165, 1.54) is 26.8 Å². The Morgan fingerprint density at radius 1 is 1.07 bits per heavy atom. The lowest BCUT2D eigenvalue weighted by molar-refractivity contribution is 0.223. The van der Waals surface area contributed by atoms with E-state index < -0.39 is 0 Å². The summed E-state index contributed by atoms with van der Waals surface area (Å²) in [4.78, 5) is 4.81. The standard InChI is InChI=1S/C28H31N/c1-5-6-16-28(4,20(2)3)25-15-14-23-18-21-11-7-8-12-22(21)19-24(23)27(25)26-13-9-10-17-29-26/h6-14,16-20,25H,5,15H2,1-4H3. The van der Waals surface area contributed by atoms with E-state index in [0.717, 1.165) is 18.5 Å². The van der Waals surface area contributed by atoms with Crippen LogP contribution < -0.4 is 10.4 Å². The first-order valence-electron chi connectivity index (χ1n) is 10.9. The zero-order valence-electron chi connectivity index (χ0n) is 18.0. The molecule has 0 bridgehead atoms. The molecule has 0 aliphatic heterocycles. The minimum atomic E-state index is 0.0721. The molecule has 148 valence electrons. The van der Waals surface area contributed by atoms with Gasteiger partial charge in [0.2, 0.25) is 0 Å². The van der Waals surface area contributed by atoms with Gasteiger partial charge < -0.3 is 0 Å². The van der Waals surface area contributed by atoms with Crippen molar-refractivity contribution >= 4 is 22.4 Å². The minimum Gasteiger partial charge on any atom is -0.257 e. The van der Waals surface area contributed by atoms with E-state index in [-0.39, 0.29) is 5.41 Å². The van der Waals surface area contributed by atoms with Crippen molar-refractivity contribution in [2.24, 2.45) is 17.3 Å². The Labute approximate surface area is 174 Å². The summed E-state index contributed by atoms with van der Waals surface area (Å²) < 4.78 is 0. The van der Waals surface area contributed by atoms with Crippen LogP contribution in [0.4, 0.5) is 0 Å². The highest BCUT2D eigenvalue weighted by Gasteiger charge is 2.38. The van der Waals surface area contributed by atoms with Crippen LogP contribution in [0.1, 0.15) is 46.2 Å². The lowest BCUT2D eigenvalue weighted by atomic mass is 9.63. The molecule has 1 heterocycles. The van der Waals surface area contributed by atoms with Crippen molar-refractivity contribution in [1.82, 2.24) is 4.98 Å². The molecule has 2 atom stereocenters. The third-order valence-electron chi connectivity index (χ3n) is 6.78. The number of fused-ring (bicyclic) bond motifs is 2. The van der Waals surface area contributed by atoms with E-state index in [4.69, 9.17) is 4.98 Å². The van der Waals surface area contributed by atoms with Crippen molar-refractivity contribution in [2.45, 2.75) is 40.5 Å². The Hall–Kier alpha value is -2.67. The second-order valence-corrected chi connectivity index (χ2v) is 8.74. The fraction of sp³-hybridized carbons (Fsp3) is 0.321. The maximum Gasteiger partial charge on any atom is 0.0671 e. The number of rotatable bonds is 5. The predicted octanol–water partition coefficient (Wildman–Crippen LogP) is 5.86. The summed E-state index contributed by atoms with van der Waals surface area (Å²) in [6, 6.07) is 19.7. The molecule has 0 saturated carbocycles. The van der Waals surface area contributed by atoms with Gasteiger partial charge in [0.05, 0.1) is 5.69 Å². The first-order valence-corrected chi connectivity index (χ1v) is 10.9. The molecule has 0 amide bonds. The van der Waals surface area contributed by atoms with Crippen LogP contribution in [-0.2, 0) is 0 Å². The fourth-order valence-corrected chi connectivity index (χ4v) is 4.70. The molecule has 1 nitrogen and oxygen atoms in total. The van der Waals surface area contributed by atoms with Gasteiger partial charge in [-0.15, -0.1) is 0 Å². The van der Waals surface area contributed by atoms with Gasteiger partial charge in [0.25, 0.3) is 0 Å². The smallest absolute Gasteiger partial charge is 0.0671 e. The van der Waals surface area contributed by atoms with Crippen molar-refractivity contribution in [3.05, 3.63) is 89.1 Å². The van der Waals surface area contributed by atoms with Gasteiger partial charge in [-0.05, 0) is 81.1 Å². The predicted molar refractivity (Wildman–Crippen MR) is 125 cm³/mol. The van der Waals surface area contributed by atoms with Gasteiger partial charge in [0.15, 0.2) is 0 Å². The van der Waals surface area contributed by atoms with Gasteiger partial charge in [-0.25, -0.2) is 0 Å². The molecule has 0 spiro atoms. The first kappa shape index (κ1) is 19.6. The molecule has 1 heteroatoms. The summed E-state index contributed by atoms with van der Waals surface area (Å²) in [6.45, 7) is 9.35. The summed E-state index contributed by atoms with van der Waals surface area (Å²) in [5, 5.41) is 5.28. The Morgan fingerprint density at radius 3 is 2.45 bits per heavy atom. The average Bonchev–Trinajstić information content (AvgIpc) is 2.75. The topological polar surface area (TPSA) is 12.9 Å². The molecule has 2 unspecified atom stereocenters. The van der Waals surface area contributed by atoms with E-state index in [1.807, 2.05) is 12.3 Å². The van der Waals surface area contributed by atoms with Crippen molar-refractivity contribution < 1.29 is 0 Å². The number of aromatic nitrogens is 1. The number of pyridine rings is 1. The number of allylic oxidation sites excluding steroid dienone is 2. The molecule has 0 radical (unpaired) electrons. The van der Waals surface area contributed by atoms with Crippen molar-refractivity contribution in [3.8, 4) is 0 Å². The Kier molecular flexibility index (Phi) is 5.41. The first-order chi connectivity index (χ1) is 14.0. The van der Waals surface area contributed by atoms with Crippen LogP contribution in [0.3, 0.4) is 0 Å². The summed E-state index contributed by atoms with van der Waals surface area (Å²) in [6.07, 6.45) is 11.3. The minimum absolute atomic E-state index is 0.0721. The van der Waals surface area contributed by atoms with Gasteiger partial charge in [-0.2, -0.15) is 0 Å². The Morgan fingerprint density at radius 2 is 1.79 bits per heavy atom. The van der Waals surface area contributed by atoms with Crippen molar-refractivity contribution in [3.63, 3.8) is 0 Å². The summed E-state index contributed by atoms with van der Waals surface area (Å²) in [5.41, 5.74) is 2.58. The summed E-state index contributed by atoms with van der Waals surface area (Å²) in [7, 11) is 0. The van der Waals surface area contributed by atoms with Crippen LogP contribution in [-0.4, -0.2) is 4.98 Å². The largest absolute Gasteiger partial charge is 0.257 e. The van der Waals surface area contributed by atoms with Crippen LogP contribution in [0.2, 0.25) is 0 Å². The average molecular weight is 382 g/mol. The quantitative estimate of drug-likeness (QED) is 0.504. The van der Waals surface area contributed by atoms with Gasteiger partial charge >= 0.3 is 0 Å². The van der Waals surface area contributed by atoms with E-state index in [2.05, 4.69) is 94.5 Å². The number of hydrogen-bond acceptors (Lipinski definition) is 1. The zero-order valence-corrected chi connectivity index (χ0v) is 18.0. The molecule has 1 aromatic heterocycles. The lowest BCUT2D eigenvalue weighted by Gasteiger charge is -2.41. The van der Waals surface area contributed by atoms with Gasteiger partial charge in [-0.1, -0.05) is 76.3 Å². The van der Waals surface area contributed by atoms with Crippen LogP contribution >= 0.6 is 0 Å². The SMILES string of the molecule is CCC=CC(C)(C(C)C)C1CC=c2cc3ccccc3cc2=C1c1ccccn1. The highest BCUT2D eigenvalue weighted by molar-refractivity contribution is 5.84. The van der Waals surface area contributed by atoms with E-state index >= 15 is 0 Å². The van der Waals surface area contributed by atoms with E-state index in [0.29, 0.717) is 11.8 Å².